The van der Waals surface area contributed by atoms with Crippen LogP contribution in [-0.4, -0.2) is 23.1 Å². The summed E-state index contributed by atoms with van der Waals surface area (Å²) in [5.41, 5.74) is 0. The predicted octanol–water partition coefficient (Wildman–Crippen LogP) is 1.14. The number of hydrogen-bond acceptors (Lipinski definition) is 5. The van der Waals surface area contributed by atoms with E-state index in [4.69, 9.17) is 5.11 Å². The molecule has 0 atom stereocenters. The molecule has 1 heterocycles. The van der Waals surface area contributed by atoms with Gasteiger partial charge in [0.25, 0.3) is 0 Å². The molecule has 0 amide bonds. The van der Waals surface area contributed by atoms with Crippen LogP contribution in [0.25, 0.3) is 0 Å². The van der Waals surface area contributed by atoms with Crippen molar-refractivity contribution < 1.29 is 28.6 Å². The number of hydrogen-bond donors (Lipinski definition) is 1. The zero-order valence-electron chi connectivity index (χ0n) is 7.07. The van der Waals surface area contributed by atoms with Crippen LogP contribution in [0.4, 0.5) is 0 Å². The number of rotatable bonds is 3. The number of carbonyl (C=O) groups excluding carboxylic acids is 1. The molecule has 1 aromatic heterocycles. The van der Waals surface area contributed by atoms with Gasteiger partial charge in [0.15, 0.2) is 0 Å². The van der Waals surface area contributed by atoms with Gasteiger partial charge in [0, 0.05) is 0 Å². The molecule has 0 bridgehead atoms. The average molecular weight is 188 g/mol. The molecule has 6 nitrogen and oxygen atoms in total. The van der Waals surface area contributed by atoms with Crippen molar-refractivity contribution in [2.75, 3.05) is 0 Å². The lowest BCUT2D eigenvalue weighted by Crippen LogP contribution is -2.17. The second-order valence-electron chi connectivity index (χ2n) is 2.58. The van der Waals surface area contributed by atoms with E-state index in [-0.39, 0.29) is 6.10 Å². The van der Waals surface area contributed by atoms with Crippen LogP contribution in [0.3, 0.4) is 0 Å². The maximum Gasteiger partial charge on any atom is 0.383 e. The molecule has 0 saturated carbocycles. The highest BCUT2D eigenvalue weighted by molar-refractivity contribution is 5.98. The van der Waals surface area contributed by atoms with Gasteiger partial charge < -0.3 is 9.84 Å². The molecular weight excluding hydrogens is 180 g/mol. The Morgan fingerprint density at radius 2 is 1.85 bits per heavy atom. The van der Waals surface area contributed by atoms with Crippen molar-refractivity contribution in [1.29, 1.82) is 0 Å². The van der Waals surface area contributed by atoms with Crippen molar-refractivity contribution in [3.8, 4) is 0 Å². The number of ether oxygens (including phenoxy) is 1. The predicted molar refractivity (Wildman–Crippen MR) is 38.5 cm³/mol. The molecule has 0 unspecified atom stereocenters. The first kappa shape index (κ1) is 9.37. The van der Waals surface area contributed by atoms with E-state index in [1.54, 1.807) is 13.8 Å². The van der Waals surface area contributed by atoms with E-state index < -0.39 is 23.5 Å². The van der Waals surface area contributed by atoms with Crippen molar-refractivity contribution in [2.45, 2.75) is 20.0 Å². The monoisotopic (exact) mass is 188 g/mol. The van der Waals surface area contributed by atoms with Crippen molar-refractivity contribution in [3.63, 3.8) is 0 Å². The SMILES string of the molecule is CC(C)OC(=O)c1ooc1C(=O)O. The summed E-state index contributed by atoms with van der Waals surface area (Å²) in [6.45, 7) is 3.27. The summed E-state index contributed by atoms with van der Waals surface area (Å²) in [6.07, 6.45) is -0.334. The number of carbonyl (C=O) groups is 2. The van der Waals surface area contributed by atoms with Crippen LogP contribution < -0.4 is 0 Å². The summed E-state index contributed by atoms with van der Waals surface area (Å²) in [4.78, 5) is 21.3. The summed E-state index contributed by atoms with van der Waals surface area (Å²) in [5, 5.41) is 8.42. The van der Waals surface area contributed by atoms with Gasteiger partial charge >= 0.3 is 23.5 Å². The summed E-state index contributed by atoms with van der Waals surface area (Å²) < 4.78 is 12.9. The van der Waals surface area contributed by atoms with E-state index in [0.29, 0.717) is 0 Å². The Morgan fingerprint density at radius 1 is 1.31 bits per heavy atom. The average Bonchev–Trinajstić information content (AvgIpc) is 1.79. The molecule has 13 heavy (non-hydrogen) atoms. The lowest BCUT2D eigenvalue weighted by Gasteiger charge is -2.07. The minimum absolute atomic E-state index is 0.334. The number of carboxylic acids is 1. The maximum absolute atomic E-state index is 11.0. The topological polar surface area (TPSA) is 89.9 Å². The molecule has 72 valence electrons. The van der Waals surface area contributed by atoms with Crippen LogP contribution in [0.2, 0.25) is 0 Å². The van der Waals surface area contributed by atoms with Crippen LogP contribution in [0.1, 0.15) is 35.0 Å². The molecule has 0 fully saturated rings. The molecule has 0 aliphatic heterocycles. The number of carboxylic acid groups (broad SMARTS) is 1. The van der Waals surface area contributed by atoms with Crippen LogP contribution in [0.15, 0.2) is 9.15 Å². The van der Waals surface area contributed by atoms with E-state index in [1.165, 1.54) is 0 Å². The van der Waals surface area contributed by atoms with Gasteiger partial charge in [-0.05, 0) is 13.8 Å². The molecule has 0 saturated heterocycles. The van der Waals surface area contributed by atoms with E-state index >= 15 is 0 Å². The van der Waals surface area contributed by atoms with Crippen molar-refractivity contribution in [3.05, 3.63) is 11.5 Å². The van der Waals surface area contributed by atoms with Crippen LogP contribution in [-0.2, 0) is 4.74 Å². The zero-order chi connectivity index (χ0) is 10.0. The van der Waals surface area contributed by atoms with Gasteiger partial charge in [0.1, 0.15) is 0 Å². The molecule has 0 aliphatic carbocycles. The Labute approximate surface area is 73.0 Å². The van der Waals surface area contributed by atoms with Crippen molar-refractivity contribution in [1.82, 2.24) is 0 Å². The van der Waals surface area contributed by atoms with E-state index in [9.17, 15) is 9.59 Å². The summed E-state index contributed by atoms with van der Waals surface area (Å²) in [5.74, 6) is -3.12. The zero-order valence-corrected chi connectivity index (χ0v) is 7.07. The molecule has 0 radical (unpaired) electrons. The van der Waals surface area contributed by atoms with E-state index in [1.807, 2.05) is 0 Å². The first-order valence-corrected chi connectivity index (χ1v) is 3.55. The first-order chi connectivity index (χ1) is 6.02. The molecule has 1 aromatic rings. The molecule has 0 spiro atoms. The van der Waals surface area contributed by atoms with Gasteiger partial charge in [0.05, 0.1) is 6.10 Å². The fourth-order valence-corrected chi connectivity index (χ4v) is 0.652. The highest BCUT2D eigenvalue weighted by Gasteiger charge is 2.30. The highest BCUT2D eigenvalue weighted by Crippen LogP contribution is 2.15. The van der Waals surface area contributed by atoms with Crippen molar-refractivity contribution in [2.24, 2.45) is 0 Å². The quantitative estimate of drug-likeness (QED) is 0.564. The molecule has 1 rings (SSSR count). The normalized spacial score (nSPS) is 10.4. The van der Waals surface area contributed by atoms with Crippen LogP contribution in [0.5, 0.6) is 0 Å². The maximum atomic E-state index is 11.0. The highest BCUT2D eigenvalue weighted by atomic mass is 17.0. The fourth-order valence-electron chi connectivity index (χ4n) is 0.652. The standard InChI is InChI=1S/C7H8O6/c1-3(2)11-7(10)5-4(6(8)9)12-13-5/h3H,1-2H3,(H,8,9). The lowest BCUT2D eigenvalue weighted by atomic mass is 10.3. The molecular formula is C7H8O6. The van der Waals surface area contributed by atoms with E-state index in [0.717, 1.165) is 0 Å². The summed E-state index contributed by atoms with van der Waals surface area (Å²) >= 11 is 0. The fraction of sp³-hybridized carbons (Fsp3) is 0.429. The Morgan fingerprint density at radius 3 is 2.15 bits per heavy atom. The van der Waals surface area contributed by atoms with Gasteiger partial charge in [-0.15, -0.1) is 0 Å². The second kappa shape index (κ2) is 3.34. The van der Waals surface area contributed by atoms with Gasteiger partial charge in [-0.25, -0.2) is 9.59 Å². The first-order valence-electron chi connectivity index (χ1n) is 3.55. The Hall–Kier alpha value is -1.72. The third-order valence-electron chi connectivity index (χ3n) is 1.14. The molecule has 0 aromatic carbocycles. The molecule has 1 N–H and O–H groups in total. The third-order valence-corrected chi connectivity index (χ3v) is 1.14. The van der Waals surface area contributed by atoms with Crippen LogP contribution in [0, 0.1) is 0 Å². The smallest absolute Gasteiger partial charge is 0.383 e. The van der Waals surface area contributed by atoms with Crippen molar-refractivity contribution >= 4 is 11.9 Å². The van der Waals surface area contributed by atoms with E-state index in [2.05, 4.69) is 13.9 Å². The third kappa shape index (κ3) is 1.90. The molecule has 6 heteroatoms. The summed E-state index contributed by atoms with van der Waals surface area (Å²) in [7, 11) is 0. The van der Waals surface area contributed by atoms with Gasteiger partial charge in [-0.1, -0.05) is 0 Å². The number of aromatic carboxylic acids is 1. The Bertz CT molecular complexity index is 317. The van der Waals surface area contributed by atoms with Crippen LogP contribution >= 0.6 is 0 Å². The Balaban J connectivity index is 2.69. The van der Waals surface area contributed by atoms with Gasteiger partial charge in [-0.2, -0.15) is 0 Å². The Kier molecular flexibility index (Phi) is 2.41. The van der Waals surface area contributed by atoms with Gasteiger partial charge in [0.2, 0.25) is 0 Å². The lowest BCUT2D eigenvalue weighted by molar-refractivity contribution is -0.0434. The minimum atomic E-state index is -1.36. The summed E-state index contributed by atoms with van der Waals surface area (Å²) in [6, 6.07) is 0. The second-order valence-corrected chi connectivity index (χ2v) is 2.58. The largest absolute Gasteiger partial charge is 0.475 e. The minimum Gasteiger partial charge on any atom is -0.475 e. The number of esters is 1. The molecule has 0 aliphatic rings. The van der Waals surface area contributed by atoms with Gasteiger partial charge in [-0.3, -0.25) is 9.15 Å².